The Balaban J connectivity index is 0.954. The summed E-state index contributed by atoms with van der Waals surface area (Å²) in [5, 5.41) is 6.36. The number of hydrogen-bond donors (Lipinski definition) is 4. The van der Waals surface area contributed by atoms with Gasteiger partial charge in [-0.3, -0.25) is 9.59 Å². The van der Waals surface area contributed by atoms with Crippen LogP contribution in [0, 0.1) is 29.0 Å². The van der Waals surface area contributed by atoms with E-state index in [-0.39, 0.29) is 47.9 Å². The molecule has 4 N–H and O–H groups in total. The molecule has 2 aliphatic carbocycles. The number of carbonyl (C=O) groups is 4. The molecule has 2 aromatic carbocycles. The fourth-order valence-corrected chi connectivity index (χ4v) is 11.8. The van der Waals surface area contributed by atoms with Gasteiger partial charge in [-0.2, -0.15) is 0 Å². The van der Waals surface area contributed by atoms with Crippen molar-refractivity contribution >= 4 is 34.9 Å². The van der Waals surface area contributed by atoms with Crippen molar-refractivity contribution in [1.82, 2.24) is 44.9 Å². The number of benzene rings is 2. The number of ether oxygens (including phenoxy) is 3. The van der Waals surface area contributed by atoms with Gasteiger partial charge in [0.05, 0.1) is 66.9 Å². The number of alkyl carbamates (subject to hydrolysis) is 2. The van der Waals surface area contributed by atoms with E-state index in [0.717, 1.165) is 72.8 Å². The lowest BCUT2D eigenvalue weighted by Gasteiger charge is -2.48. The molecule has 0 radical (unpaired) electrons. The van der Waals surface area contributed by atoms with Gasteiger partial charge < -0.3 is 49.2 Å². The standard InChI is InChI=1S/C52H64FN9O7/c1-28(2)43(58-50(65)67-5)47(63)60-20-7-10-38(60)45-54-26-35(56-45)31-12-13-37-33(22-31)24-40-42-34(53)23-32(25-41(42)69-49(62(37)40)30-14-18-52(19-15-30)16-9-17-52)36-27-55-46(57-36)39-11-8-21-61(39)48(64)44(29(3)4)59-51(66)68-6/h12-13,22-30,38-39,43-44,49H,7-11,14-21H2,1-6H3,(H,54,56)(H,55,57)(H,58,65)(H,59,66)/t38-,39-,43-,44-,49?/m0/s1. The van der Waals surface area contributed by atoms with Gasteiger partial charge in [0.1, 0.15) is 35.3 Å². The summed E-state index contributed by atoms with van der Waals surface area (Å²) >= 11 is 0. The van der Waals surface area contributed by atoms with Crippen molar-refractivity contribution < 1.29 is 37.8 Å². The molecule has 10 rings (SSSR count). The number of aromatic amines is 2. The van der Waals surface area contributed by atoms with Crippen molar-refractivity contribution in [2.45, 2.75) is 129 Å². The zero-order chi connectivity index (χ0) is 48.3. The molecule has 1 spiro atoms. The summed E-state index contributed by atoms with van der Waals surface area (Å²) in [6, 6.07) is 9.67. The van der Waals surface area contributed by atoms with E-state index in [1.807, 2.05) is 33.8 Å². The zero-order valence-corrected chi connectivity index (χ0v) is 40.4. The summed E-state index contributed by atoms with van der Waals surface area (Å²) in [6.45, 7) is 8.64. The van der Waals surface area contributed by atoms with Crippen LogP contribution in [0.2, 0.25) is 0 Å². The lowest BCUT2D eigenvalue weighted by atomic mass is 9.59. The number of nitrogens with zero attached hydrogens (tertiary/aromatic N) is 5. The summed E-state index contributed by atoms with van der Waals surface area (Å²) in [6.07, 6.45) is 13.1. The third kappa shape index (κ3) is 8.49. The Morgan fingerprint density at radius 1 is 0.739 bits per heavy atom. The molecule has 366 valence electrons. The Hall–Kier alpha value is -6.39. The van der Waals surface area contributed by atoms with E-state index in [1.165, 1.54) is 39.5 Å². The first-order chi connectivity index (χ1) is 33.3. The first-order valence-electron chi connectivity index (χ1n) is 24.8. The number of amides is 4. The van der Waals surface area contributed by atoms with Gasteiger partial charge >= 0.3 is 12.2 Å². The number of imidazole rings is 2. The molecule has 3 aliphatic heterocycles. The van der Waals surface area contributed by atoms with Gasteiger partial charge in [-0.25, -0.2) is 23.9 Å². The van der Waals surface area contributed by atoms with E-state index >= 15 is 4.39 Å². The van der Waals surface area contributed by atoms with Gasteiger partial charge in [0.25, 0.3) is 0 Å². The maximum absolute atomic E-state index is 17.0. The average molecular weight is 946 g/mol. The van der Waals surface area contributed by atoms with Crippen LogP contribution in [0.1, 0.15) is 128 Å². The number of rotatable bonds is 11. The van der Waals surface area contributed by atoms with Gasteiger partial charge in [0.2, 0.25) is 11.8 Å². The van der Waals surface area contributed by atoms with Crippen molar-refractivity contribution in [3.63, 3.8) is 0 Å². The summed E-state index contributed by atoms with van der Waals surface area (Å²) in [7, 11) is 2.56. The average Bonchev–Trinajstić information content (AvgIpc) is 4.20. The predicted molar refractivity (Wildman–Crippen MR) is 256 cm³/mol. The molecule has 0 bridgehead atoms. The normalized spacial score (nSPS) is 21.7. The third-order valence-electron chi connectivity index (χ3n) is 15.9. The Morgan fingerprint density at radius 3 is 1.83 bits per heavy atom. The van der Waals surface area contributed by atoms with Crippen LogP contribution in [0.5, 0.6) is 5.75 Å². The number of halogens is 1. The van der Waals surface area contributed by atoms with Crippen molar-refractivity contribution in [2.24, 2.45) is 23.2 Å². The highest BCUT2D eigenvalue weighted by atomic mass is 19.1. The fraction of sp³-hybridized carbons (Fsp3) is 0.538. The van der Waals surface area contributed by atoms with E-state index in [4.69, 9.17) is 24.2 Å². The topological polar surface area (TPSA) is 189 Å². The molecule has 16 nitrogen and oxygen atoms in total. The summed E-state index contributed by atoms with van der Waals surface area (Å²) in [4.78, 5) is 72.0. The van der Waals surface area contributed by atoms with Crippen LogP contribution in [0.3, 0.4) is 0 Å². The van der Waals surface area contributed by atoms with Crippen molar-refractivity contribution in [3.8, 4) is 39.5 Å². The van der Waals surface area contributed by atoms with Gasteiger partial charge in [-0.05, 0) is 112 Å². The van der Waals surface area contributed by atoms with Gasteiger partial charge in [-0.15, -0.1) is 0 Å². The lowest BCUT2D eigenvalue weighted by molar-refractivity contribution is -0.136. The van der Waals surface area contributed by atoms with Crippen molar-refractivity contribution in [1.29, 1.82) is 0 Å². The van der Waals surface area contributed by atoms with Crippen molar-refractivity contribution in [2.75, 3.05) is 27.3 Å². The van der Waals surface area contributed by atoms with E-state index in [9.17, 15) is 19.2 Å². The van der Waals surface area contributed by atoms with Gasteiger partial charge in [-0.1, -0.05) is 40.2 Å². The van der Waals surface area contributed by atoms with Crippen molar-refractivity contribution in [3.05, 3.63) is 66.3 Å². The van der Waals surface area contributed by atoms with Crippen LogP contribution in [0.15, 0.2) is 48.8 Å². The molecule has 4 fully saturated rings. The minimum absolute atomic E-state index is 0.142. The second-order valence-corrected chi connectivity index (χ2v) is 20.7. The van der Waals surface area contributed by atoms with Crippen LogP contribution in [0.25, 0.3) is 44.7 Å². The second kappa shape index (κ2) is 18.5. The molecule has 4 amide bonds. The quantitative estimate of drug-likeness (QED) is 0.1000. The van der Waals surface area contributed by atoms with Crippen LogP contribution in [-0.2, 0) is 19.1 Å². The molecule has 5 atom stereocenters. The molecular weight excluding hydrogens is 882 g/mol. The largest absolute Gasteiger partial charge is 0.469 e. The van der Waals surface area contributed by atoms with Crippen LogP contribution in [-0.4, -0.2) is 97.7 Å². The second-order valence-electron chi connectivity index (χ2n) is 20.7. The van der Waals surface area contributed by atoms with E-state index in [2.05, 4.69) is 49.4 Å². The number of methoxy groups -OCH3 is 2. The minimum atomic E-state index is -0.759. The number of likely N-dealkylation sites (tertiary alicyclic amines) is 2. The summed E-state index contributed by atoms with van der Waals surface area (Å²) in [5.74, 6) is 0.895. The number of H-pyrrole nitrogens is 2. The molecule has 69 heavy (non-hydrogen) atoms. The molecule has 1 unspecified atom stereocenters. The Bertz CT molecular complexity index is 2760. The smallest absolute Gasteiger partial charge is 0.407 e. The maximum Gasteiger partial charge on any atom is 0.407 e. The number of hydrogen-bond acceptors (Lipinski definition) is 9. The summed E-state index contributed by atoms with van der Waals surface area (Å²) in [5.41, 5.74) is 5.48. The first-order valence-corrected chi connectivity index (χ1v) is 24.8. The Morgan fingerprint density at radius 2 is 1.30 bits per heavy atom. The van der Waals surface area contributed by atoms with E-state index in [0.29, 0.717) is 59.1 Å². The van der Waals surface area contributed by atoms with Gasteiger partial charge in [0, 0.05) is 35.5 Å². The minimum Gasteiger partial charge on any atom is -0.469 e. The number of aromatic nitrogens is 5. The highest BCUT2D eigenvalue weighted by Crippen LogP contribution is 2.56. The molecule has 17 heteroatoms. The molecule has 2 saturated heterocycles. The molecule has 2 saturated carbocycles. The first kappa shape index (κ1) is 46.3. The Labute approximate surface area is 401 Å². The van der Waals surface area contributed by atoms with Gasteiger partial charge in [0.15, 0.2) is 6.23 Å². The molecule has 5 aliphatic rings. The number of fused-ring (bicyclic) bond motifs is 5. The third-order valence-corrected chi connectivity index (χ3v) is 15.9. The number of nitrogens with one attached hydrogen (secondary N) is 4. The maximum atomic E-state index is 17.0. The highest BCUT2D eigenvalue weighted by Gasteiger charge is 2.45. The fourth-order valence-electron chi connectivity index (χ4n) is 11.8. The molecular formula is C52H64FN9O7. The highest BCUT2D eigenvalue weighted by molar-refractivity contribution is 5.93. The predicted octanol–water partition coefficient (Wildman–Crippen LogP) is 9.57. The zero-order valence-electron chi connectivity index (χ0n) is 40.4. The molecule has 3 aromatic heterocycles. The monoisotopic (exact) mass is 945 g/mol. The van der Waals surface area contributed by atoms with Crippen LogP contribution < -0.4 is 15.4 Å². The van der Waals surface area contributed by atoms with E-state index in [1.54, 1.807) is 22.2 Å². The summed E-state index contributed by atoms with van der Waals surface area (Å²) < 4.78 is 35.9. The SMILES string of the molecule is COC(=O)N[C@H](C(=O)N1CCC[C@H]1c1ncc(-c2cc(F)c3c(c2)OC(C2CCC4(CCC4)CC2)n2c-3cc3cc(-c4cnc([C@@H]5CCCN5C(=O)[C@@H](NC(=O)OC)C(C)C)[nH]4)ccc32)[nH]1)C(C)C. The Kier molecular flexibility index (Phi) is 12.4. The van der Waals surface area contributed by atoms with E-state index < -0.39 is 30.1 Å². The van der Waals surface area contributed by atoms with Crippen LogP contribution in [0.4, 0.5) is 14.0 Å². The molecule has 6 heterocycles. The number of carbonyl (C=O) groups excluding carboxylic acids is 4. The molecule has 5 aromatic rings. The lowest BCUT2D eigenvalue weighted by Crippen LogP contribution is -2.51. The van der Waals surface area contributed by atoms with Crippen LogP contribution >= 0.6 is 0 Å².